The zero-order chi connectivity index (χ0) is 13.5. The van der Waals surface area contributed by atoms with Gasteiger partial charge in [0.25, 0.3) is 0 Å². The third-order valence-electron chi connectivity index (χ3n) is 2.26. The van der Waals surface area contributed by atoms with Gasteiger partial charge < -0.3 is 10.1 Å². The summed E-state index contributed by atoms with van der Waals surface area (Å²) in [6.45, 7) is 1.90. The Morgan fingerprint density at radius 3 is 2.72 bits per heavy atom. The fourth-order valence-corrected chi connectivity index (χ4v) is 1.45. The molecule has 0 saturated heterocycles. The monoisotopic (exact) mass is 270 g/mol. The van der Waals surface area contributed by atoms with Crippen LogP contribution in [0.25, 0.3) is 0 Å². The number of anilines is 1. The molecule has 0 aliphatic rings. The van der Waals surface area contributed by atoms with Crippen LogP contribution < -0.4 is 10.6 Å². The van der Waals surface area contributed by atoms with Crippen molar-refractivity contribution in [2.24, 2.45) is 0 Å². The molecule has 0 radical (unpaired) electrons. The van der Waals surface area contributed by atoms with Crippen molar-refractivity contribution in [2.45, 2.75) is 6.92 Å². The molecule has 2 N–H and O–H groups in total. The highest BCUT2D eigenvalue weighted by Gasteiger charge is 2.06. The molecule has 1 aromatic carbocycles. The molecule has 1 rings (SSSR count). The number of benzene rings is 1. The number of hydrogen-bond donors (Lipinski definition) is 2. The van der Waals surface area contributed by atoms with Crippen molar-refractivity contribution < 1.29 is 14.3 Å². The molecule has 5 nitrogen and oxygen atoms in total. The van der Waals surface area contributed by atoms with Crippen LogP contribution in [0.15, 0.2) is 18.2 Å². The summed E-state index contributed by atoms with van der Waals surface area (Å²) in [6, 6.07) is 5.25. The van der Waals surface area contributed by atoms with Crippen molar-refractivity contribution >= 4 is 29.2 Å². The quantitative estimate of drug-likeness (QED) is 0.793. The number of carbonyl (C=O) groups excluding carboxylic acids is 2. The van der Waals surface area contributed by atoms with Gasteiger partial charge in [-0.15, -0.1) is 0 Å². The Hall–Kier alpha value is -1.59. The summed E-state index contributed by atoms with van der Waals surface area (Å²) in [4.78, 5) is 22.4. The zero-order valence-electron chi connectivity index (χ0n) is 10.2. The lowest BCUT2D eigenvalue weighted by molar-refractivity contribution is -0.139. The second-order valence-corrected chi connectivity index (χ2v) is 4.12. The molecule has 0 bridgehead atoms. The van der Waals surface area contributed by atoms with E-state index in [1.54, 1.807) is 12.1 Å². The lowest BCUT2D eigenvalue weighted by Gasteiger charge is -2.09. The summed E-state index contributed by atoms with van der Waals surface area (Å²) in [6.07, 6.45) is 0. The zero-order valence-corrected chi connectivity index (χ0v) is 11.0. The number of hydrogen-bond acceptors (Lipinski definition) is 4. The fourth-order valence-electron chi connectivity index (χ4n) is 1.27. The van der Waals surface area contributed by atoms with Crippen molar-refractivity contribution in [1.82, 2.24) is 5.32 Å². The van der Waals surface area contributed by atoms with Gasteiger partial charge in [0.2, 0.25) is 5.91 Å². The molecule has 0 aromatic heterocycles. The summed E-state index contributed by atoms with van der Waals surface area (Å²) in [5, 5.41) is 5.93. The Morgan fingerprint density at radius 1 is 1.33 bits per heavy atom. The summed E-state index contributed by atoms with van der Waals surface area (Å²) < 4.78 is 4.43. The number of rotatable bonds is 5. The SMILES string of the molecule is COC(=O)CNCC(=O)Nc1cc(Cl)ccc1C. The van der Waals surface area contributed by atoms with Crippen LogP contribution in [0, 0.1) is 6.92 Å². The summed E-state index contributed by atoms with van der Waals surface area (Å²) in [7, 11) is 1.29. The predicted octanol–water partition coefficient (Wildman–Crippen LogP) is 1.35. The first-order chi connectivity index (χ1) is 8.52. The molecular formula is C12H15ClN2O3. The molecule has 0 heterocycles. The first kappa shape index (κ1) is 14.5. The number of carbonyl (C=O) groups is 2. The highest BCUT2D eigenvalue weighted by Crippen LogP contribution is 2.19. The summed E-state index contributed by atoms with van der Waals surface area (Å²) in [5.41, 5.74) is 1.58. The van der Waals surface area contributed by atoms with Crippen LogP contribution in [-0.2, 0) is 14.3 Å². The number of methoxy groups -OCH3 is 1. The van der Waals surface area contributed by atoms with Gasteiger partial charge in [-0.3, -0.25) is 14.9 Å². The van der Waals surface area contributed by atoms with E-state index in [0.717, 1.165) is 5.56 Å². The van der Waals surface area contributed by atoms with E-state index >= 15 is 0 Å². The molecule has 1 aromatic rings. The first-order valence-electron chi connectivity index (χ1n) is 5.36. The number of aryl methyl sites for hydroxylation is 1. The molecule has 0 atom stereocenters. The minimum absolute atomic E-state index is 0.00154. The molecular weight excluding hydrogens is 256 g/mol. The van der Waals surface area contributed by atoms with Crippen LogP contribution in [-0.4, -0.2) is 32.1 Å². The maximum Gasteiger partial charge on any atom is 0.319 e. The van der Waals surface area contributed by atoms with Crippen molar-refractivity contribution in [1.29, 1.82) is 0 Å². The fraction of sp³-hybridized carbons (Fsp3) is 0.333. The Balaban J connectivity index is 2.44. The number of amides is 1. The van der Waals surface area contributed by atoms with Gasteiger partial charge in [-0.05, 0) is 24.6 Å². The highest BCUT2D eigenvalue weighted by molar-refractivity contribution is 6.31. The summed E-state index contributed by atoms with van der Waals surface area (Å²) >= 11 is 5.84. The van der Waals surface area contributed by atoms with Crippen LogP contribution in [0.5, 0.6) is 0 Å². The van der Waals surface area contributed by atoms with E-state index in [1.165, 1.54) is 7.11 Å². The number of halogens is 1. The molecule has 1 amide bonds. The van der Waals surface area contributed by atoms with E-state index in [0.29, 0.717) is 10.7 Å². The van der Waals surface area contributed by atoms with Crippen molar-refractivity contribution in [3.8, 4) is 0 Å². The van der Waals surface area contributed by atoms with Gasteiger partial charge in [-0.1, -0.05) is 17.7 Å². The summed E-state index contributed by atoms with van der Waals surface area (Å²) in [5.74, 6) is -0.661. The van der Waals surface area contributed by atoms with Crippen LogP contribution >= 0.6 is 11.6 Å². The molecule has 6 heteroatoms. The molecule has 0 fully saturated rings. The number of ether oxygens (including phenoxy) is 1. The normalized spacial score (nSPS) is 9.94. The standard InChI is InChI=1S/C12H15ClN2O3/c1-8-3-4-9(13)5-10(8)15-11(16)6-14-7-12(17)18-2/h3-5,14H,6-7H2,1-2H3,(H,15,16). The lowest BCUT2D eigenvalue weighted by atomic mass is 10.2. The van der Waals surface area contributed by atoms with Crippen LogP contribution in [0.4, 0.5) is 5.69 Å². The van der Waals surface area contributed by atoms with Gasteiger partial charge in [-0.25, -0.2) is 0 Å². The molecule has 0 aliphatic carbocycles. The molecule has 0 saturated carbocycles. The van der Waals surface area contributed by atoms with Crippen molar-refractivity contribution in [3.05, 3.63) is 28.8 Å². The van der Waals surface area contributed by atoms with E-state index in [2.05, 4.69) is 15.4 Å². The smallest absolute Gasteiger partial charge is 0.319 e. The van der Waals surface area contributed by atoms with Crippen LogP contribution in [0.1, 0.15) is 5.56 Å². The average Bonchev–Trinajstić information content (AvgIpc) is 2.33. The highest BCUT2D eigenvalue weighted by atomic mass is 35.5. The topological polar surface area (TPSA) is 67.4 Å². The van der Waals surface area contributed by atoms with Crippen molar-refractivity contribution in [2.75, 3.05) is 25.5 Å². The number of nitrogens with one attached hydrogen (secondary N) is 2. The minimum atomic E-state index is -0.415. The van der Waals surface area contributed by atoms with Gasteiger partial charge in [0.1, 0.15) is 0 Å². The van der Waals surface area contributed by atoms with E-state index in [4.69, 9.17) is 11.6 Å². The maximum absolute atomic E-state index is 11.6. The molecule has 98 valence electrons. The Labute approximate surface area is 110 Å². The Morgan fingerprint density at radius 2 is 2.06 bits per heavy atom. The Bertz CT molecular complexity index is 449. The second-order valence-electron chi connectivity index (χ2n) is 3.69. The van der Waals surface area contributed by atoms with E-state index < -0.39 is 5.97 Å². The van der Waals surface area contributed by atoms with Crippen LogP contribution in [0.2, 0.25) is 5.02 Å². The van der Waals surface area contributed by atoms with E-state index in [1.807, 2.05) is 13.0 Å². The third-order valence-corrected chi connectivity index (χ3v) is 2.49. The Kier molecular flexibility index (Phi) is 5.61. The molecule has 0 spiro atoms. The maximum atomic E-state index is 11.6. The molecule has 18 heavy (non-hydrogen) atoms. The second kappa shape index (κ2) is 6.98. The van der Waals surface area contributed by atoms with E-state index in [-0.39, 0.29) is 19.0 Å². The van der Waals surface area contributed by atoms with Gasteiger partial charge in [0.05, 0.1) is 20.2 Å². The van der Waals surface area contributed by atoms with Crippen molar-refractivity contribution in [3.63, 3.8) is 0 Å². The van der Waals surface area contributed by atoms with Gasteiger partial charge in [-0.2, -0.15) is 0 Å². The lowest BCUT2D eigenvalue weighted by Crippen LogP contribution is -2.32. The largest absolute Gasteiger partial charge is 0.468 e. The van der Waals surface area contributed by atoms with E-state index in [9.17, 15) is 9.59 Å². The predicted molar refractivity (Wildman–Crippen MR) is 69.7 cm³/mol. The number of esters is 1. The van der Waals surface area contributed by atoms with Gasteiger partial charge >= 0.3 is 5.97 Å². The minimum Gasteiger partial charge on any atom is -0.468 e. The molecule has 0 unspecified atom stereocenters. The van der Waals surface area contributed by atoms with Gasteiger partial charge in [0.15, 0.2) is 0 Å². The van der Waals surface area contributed by atoms with Crippen LogP contribution in [0.3, 0.4) is 0 Å². The third kappa shape index (κ3) is 4.73. The average molecular weight is 271 g/mol. The first-order valence-corrected chi connectivity index (χ1v) is 5.74. The van der Waals surface area contributed by atoms with Gasteiger partial charge in [0, 0.05) is 10.7 Å². The molecule has 0 aliphatic heterocycles.